The fraction of sp³-hybridized carbons (Fsp3) is 0.560. The van der Waals surface area contributed by atoms with Crippen LogP contribution in [0.25, 0.3) is 0 Å². The molecular weight excluding hydrogens is 402 g/mol. The number of hydrogen-bond donors (Lipinski definition) is 2. The normalized spacial score (nSPS) is 19.0. The Morgan fingerprint density at radius 1 is 1.12 bits per heavy atom. The molecule has 2 N–H and O–H groups in total. The molecule has 1 unspecified atom stereocenters. The molecule has 2 fully saturated rings. The summed E-state index contributed by atoms with van der Waals surface area (Å²) < 4.78 is 2.04. The Morgan fingerprint density at radius 2 is 1.84 bits per heavy atom. The van der Waals surface area contributed by atoms with E-state index in [4.69, 9.17) is 5.10 Å². The van der Waals surface area contributed by atoms with Gasteiger partial charge in [0.2, 0.25) is 0 Å². The third kappa shape index (κ3) is 5.31. The van der Waals surface area contributed by atoms with Gasteiger partial charge in [-0.05, 0) is 77.5 Å². The number of amides is 3. The number of likely N-dealkylation sites (tertiary alicyclic amines) is 1. The van der Waals surface area contributed by atoms with Crippen molar-refractivity contribution in [1.29, 1.82) is 0 Å². The molecule has 32 heavy (non-hydrogen) atoms. The SMILES string of the molecule is Cc1ccc(NC(=O)NCC2CCCN(C(=O)c3cc(C4CC4)n(C(C)(C)C)n3)C2)cc1. The molecule has 1 aromatic heterocycles. The minimum atomic E-state index is -0.213. The molecule has 0 spiro atoms. The highest BCUT2D eigenvalue weighted by molar-refractivity contribution is 5.92. The second-order valence-electron chi connectivity index (χ2n) is 10.3. The molecule has 3 amide bonds. The van der Waals surface area contributed by atoms with E-state index in [1.807, 2.05) is 46.8 Å². The molecule has 172 valence electrons. The number of benzene rings is 1. The van der Waals surface area contributed by atoms with Gasteiger partial charge in [0.25, 0.3) is 5.91 Å². The summed E-state index contributed by atoms with van der Waals surface area (Å²) >= 11 is 0. The first-order chi connectivity index (χ1) is 15.2. The van der Waals surface area contributed by atoms with Crippen LogP contribution < -0.4 is 10.6 Å². The van der Waals surface area contributed by atoms with Gasteiger partial charge in [-0.3, -0.25) is 9.48 Å². The number of carbonyl (C=O) groups excluding carboxylic acids is 2. The number of carbonyl (C=O) groups is 2. The standard InChI is InChI=1S/C25H35N5O2/c1-17-7-11-20(12-8-17)27-24(32)26-15-18-6-5-13-29(16-18)23(31)21-14-22(19-9-10-19)30(28-21)25(2,3)4/h7-8,11-12,14,18-19H,5-6,9-10,13,15-16H2,1-4H3,(H2,26,27,32). The van der Waals surface area contributed by atoms with E-state index in [9.17, 15) is 9.59 Å². The Labute approximate surface area is 190 Å². The minimum Gasteiger partial charge on any atom is -0.338 e. The van der Waals surface area contributed by atoms with Crippen molar-refractivity contribution in [1.82, 2.24) is 20.0 Å². The Morgan fingerprint density at radius 3 is 2.50 bits per heavy atom. The monoisotopic (exact) mass is 437 g/mol. The summed E-state index contributed by atoms with van der Waals surface area (Å²) in [4.78, 5) is 27.4. The summed E-state index contributed by atoms with van der Waals surface area (Å²) in [5.41, 5.74) is 3.51. The number of aromatic nitrogens is 2. The van der Waals surface area contributed by atoms with Gasteiger partial charge >= 0.3 is 6.03 Å². The highest BCUT2D eigenvalue weighted by Crippen LogP contribution is 2.41. The van der Waals surface area contributed by atoms with Crippen molar-refractivity contribution < 1.29 is 9.59 Å². The van der Waals surface area contributed by atoms with E-state index >= 15 is 0 Å². The lowest BCUT2D eigenvalue weighted by Gasteiger charge is -2.32. The summed E-state index contributed by atoms with van der Waals surface area (Å²) in [5, 5.41) is 10.5. The van der Waals surface area contributed by atoms with Gasteiger partial charge in [-0.1, -0.05) is 17.7 Å². The molecule has 1 aliphatic carbocycles. The zero-order chi connectivity index (χ0) is 22.9. The van der Waals surface area contributed by atoms with Crippen molar-refractivity contribution in [3.8, 4) is 0 Å². The fourth-order valence-corrected chi connectivity index (χ4v) is 4.33. The molecule has 0 bridgehead atoms. The van der Waals surface area contributed by atoms with Crippen LogP contribution in [0.4, 0.5) is 10.5 Å². The second kappa shape index (κ2) is 8.96. The van der Waals surface area contributed by atoms with Crippen LogP contribution in [-0.4, -0.2) is 46.3 Å². The average molecular weight is 438 g/mol. The number of nitrogens with one attached hydrogen (secondary N) is 2. The highest BCUT2D eigenvalue weighted by atomic mass is 16.2. The number of urea groups is 1. The van der Waals surface area contributed by atoms with Gasteiger partial charge in [-0.15, -0.1) is 0 Å². The topological polar surface area (TPSA) is 79.3 Å². The first kappa shape index (κ1) is 22.4. The number of rotatable bonds is 5. The molecule has 1 aromatic carbocycles. The first-order valence-corrected chi connectivity index (χ1v) is 11.7. The minimum absolute atomic E-state index is 0.00343. The van der Waals surface area contributed by atoms with Gasteiger partial charge in [0, 0.05) is 36.9 Å². The van der Waals surface area contributed by atoms with Crippen LogP contribution >= 0.6 is 0 Å². The molecular formula is C25H35N5O2. The lowest BCUT2D eigenvalue weighted by Crippen LogP contribution is -2.44. The average Bonchev–Trinajstić information content (AvgIpc) is 3.50. The fourth-order valence-electron chi connectivity index (χ4n) is 4.33. The molecule has 4 rings (SSSR count). The van der Waals surface area contributed by atoms with Crippen molar-refractivity contribution >= 4 is 17.6 Å². The zero-order valence-electron chi connectivity index (χ0n) is 19.6. The summed E-state index contributed by atoms with van der Waals surface area (Å²) in [6.07, 6.45) is 4.29. The second-order valence-corrected chi connectivity index (χ2v) is 10.3. The molecule has 1 atom stereocenters. The Bertz CT molecular complexity index is 969. The first-order valence-electron chi connectivity index (χ1n) is 11.7. The lowest BCUT2D eigenvalue weighted by molar-refractivity contribution is 0.0667. The van der Waals surface area contributed by atoms with Crippen LogP contribution in [0.2, 0.25) is 0 Å². The van der Waals surface area contributed by atoms with E-state index in [1.165, 1.54) is 18.5 Å². The van der Waals surface area contributed by atoms with E-state index in [0.29, 0.717) is 24.7 Å². The zero-order valence-corrected chi connectivity index (χ0v) is 19.6. The number of hydrogen-bond acceptors (Lipinski definition) is 3. The predicted octanol–water partition coefficient (Wildman–Crippen LogP) is 4.50. The Balaban J connectivity index is 1.34. The number of nitrogens with zero attached hydrogens (tertiary/aromatic N) is 3. The summed E-state index contributed by atoms with van der Waals surface area (Å²) in [5.74, 6) is 0.779. The highest BCUT2D eigenvalue weighted by Gasteiger charge is 2.34. The third-order valence-corrected chi connectivity index (χ3v) is 6.25. The Kier molecular flexibility index (Phi) is 6.26. The van der Waals surface area contributed by atoms with Crippen LogP contribution in [0, 0.1) is 12.8 Å². The molecule has 1 saturated heterocycles. The van der Waals surface area contributed by atoms with Crippen molar-refractivity contribution in [3.63, 3.8) is 0 Å². The van der Waals surface area contributed by atoms with Crippen LogP contribution in [0.3, 0.4) is 0 Å². The van der Waals surface area contributed by atoms with Gasteiger partial charge in [-0.2, -0.15) is 5.10 Å². The molecule has 7 nitrogen and oxygen atoms in total. The Hall–Kier alpha value is -2.83. The van der Waals surface area contributed by atoms with Gasteiger partial charge in [0.15, 0.2) is 5.69 Å². The number of aryl methyl sites for hydroxylation is 1. The molecule has 0 radical (unpaired) electrons. The van der Waals surface area contributed by atoms with Crippen molar-refractivity contribution in [2.24, 2.45) is 5.92 Å². The van der Waals surface area contributed by atoms with E-state index < -0.39 is 0 Å². The molecule has 2 aliphatic rings. The maximum Gasteiger partial charge on any atom is 0.319 e. The van der Waals surface area contributed by atoms with Crippen LogP contribution in [0.1, 0.15) is 74.1 Å². The lowest BCUT2D eigenvalue weighted by atomic mass is 9.97. The third-order valence-electron chi connectivity index (χ3n) is 6.25. The largest absolute Gasteiger partial charge is 0.338 e. The van der Waals surface area contributed by atoms with E-state index in [-0.39, 0.29) is 23.4 Å². The van der Waals surface area contributed by atoms with Gasteiger partial charge < -0.3 is 15.5 Å². The smallest absolute Gasteiger partial charge is 0.319 e. The quantitative estimate of drug-likeness (QED) is 0.723. The van der Waals surface area contributed by atoms with E-state index in [2.05, 4.69) is 31.4 Å². The molecule has 1 aliphatic heterocycles. The summed E-state index contributed by atoms with van der Waals surface area (Å²) in [7, 11) is 0. The molecule has 1 saturated carbocycles. The number of piperidine rings is 1. The summed E-state index contributed by atoms with van der Waals surface area (Å²) in [6, 6.07) is 9.51. The predicted molar refractivity (Wildman–Crippen MR) is 126 cm³/mol. The summed E-state index contributed by atoms with van der Waals surface area (Å²) in [6.45, 7) is 10.3. The molecule has 2 heterocycles. The number of anilines is 1. The van der Waals surface area contributed by atoms with E-state index in [0.717, 1.165) is 30.6 Å². The van der Waals surface area contributed by atoms with Gasteiger partial charge in [0.05, 0.1) is 5.54 Å². The van der Waals surface area contributed by atoms with Gasteiger partial charge in [0.1, 0.15) is 0 Å². The molecule has 2 aromatic rings. The maximum absolute atomic E-state index is 13.2. The van der Waals surface area contributed by atoms with Crippen molar-refractivity contribution in [2.45, 2.75) is 64.8 Å². The van der Waals surface area contributed by atoms with Crippen LogP contribution in [-0.2, 0) is 5.54 Å². The molecule has 7 heteroatoms. The van der Waals surface area contributed by atoms with Crippen molar-refractivity contribution in [3.05, 3.63) is 47.3 Å². The van der Waals surface area contributed by atoms with Gasteiger partial charge in [-0.25, -0.2) is 4.79 Å². The van der Waals surface area contributed by atoms with Crippen LogP contribution in [0.5, 0.6) is 0 Å². The van der Waals surface area contributed by atoms with Crippen LogP contribution in [0.15, 0.2) is 30.3 Å². The maximum atomic E-state index is 13.2. The van der Waals surface area contributed by atoms with E-state index in [1.54, 1.807) is 0 Å². The van der Waals surface area contributed by atoms with Crippen molar-refractivity contribution in [2.75, 3.05) is 25.0 Å².